The minimum Gasteiger partial charge on any atom is -0.490 e. The number of hydrogen-bond donors (Lipinski definition) is 1. The number of nitrogens with one attached hydrogen (secondary N) is 1. The molecule has 0 aliphatic heterocycles. The number of amides is 1. The molecule has 0 radical (unpaired) electrons. The summed E-state index contributed by atoms with van der Waals surface area (Å²) in [6, 6.07) is 5.28. The number of benzene rings is 1. The van der Waals surface area contributed by atoms with E-state index in [0.29, 0.717) is 42.7 Å². The molecule has 0 aliphatic rings. The highest BCUT2D eigenvalue weighted by molar-refractivity contribution is 5.94. The molecule has 1 amide bonds. The van der Waals surface area contributed by atoms with Gasteiger partial charge in [0.05, 0.1) is 13.2 Å². The van der Waals surface area contributed by atoms with Gasteiger partial charge in [0.2, 0.25) is 0 Å². The quantitative estimate of drug-likeness (QED) is 0.794. The zero-order valence-corrected chi connectivity index (χ0v) is 12.9. The van der Waals surface area contributed by atoms with Crippen molar-refractivity contribution in [3.05, 3.63) is 23.8 Å². The first-order valence-corrected chi connectivity index (χ1v) is 7.26. The molecular formula is C16H25NO3. The molecule has 0 bridgehead atoms. The monoisotopic (exact) mass is 279 g/mol. The van der Waals surface area contributed by atoms with Crippen molar-refractivity contribution in [2.75, 3.05) is 19.8 Å². The second kappa shape index (κ2) is 8.46. The van der Waals surface area contributed by atoms with E-state index in [9.17, 15) is 4.79 Å². The Morgan fingerprint density at radius 1 is 1.15 bits per heavy atom. The van der Waals surface area contributed by atoms with E-state index >= 15 is 0 Å². The Balaban J connectivity index is 2.74. The molecule has 0 unspecified atom stereocenters. The Morgan fingerprint density at radius 2 is 1.80 bits per heavy atom. The summed E-state index contributed by atoms with van der Waals surface area (Å²) in [6.07, 6.45) is 0.973. The third-order valence-electron chi connectivity index (χ3n) is 2.81. The topological polar surface area (TPSA) is 47.6 Å². The molecule has 1 rings (SSSR count). The van der Waals surface area contributed by atoms with Gasteiger partial charge in [0.15, 0.2) is 11.5 Å². The summed E-state index contributed by atoms with van der Waals surface area (Å²) in [5.41, 5.74) is 0.598. The van der Waals surface area contributed by atoms with E-state index in [-0.39, 0.29) is 5.91 Å². The van der Waals surface area contributed by atoms with Crippen molar-refractivity contribution < 1.29 is 14.3 Å². The Hall–Kier alpha value is -1.71. The van der Waals surface area contributed by atoms with Crippen molar-refractivity contribution in [3.63, 3.8) is 0 Å². The molecular weight excluding hydrogens is 254 g/mol. The summed E-state index contributed by atoms with van der Waals surface area (Å²) >= 11 is 0. The second-order valence-corrected chi connectivity index (χ2v) is 4.97. The van der Waals surface area contributed by atoms with Gasteiger partial charge in [-0.2, -0.15) is 0 Å². The Morgan fingerprint density at radius 3 is 2.40 bits per heavy atom. The third kappa shape index (κ3) is 5.11. The molecule has 1 aromatic rings. The van der Waals surface area contributed by atoms with Crippen LogP contribution in [0.2, 0.25) is 0 Å². The highest BCUT2D eigenvalue weighted by Gasteiger charge is 2.11. The maximum absolute atomic E-state index is 12.0. The summed E-state index contributed by atoms with van der Waals surface area (Å²) in [6.45, 7) is 9.89. The maximum atomic E-state index is 12.0. The van der Waals surface area contributed by atoms with Gasteiger partial charge < -0.3 is 14.8 Å². The Labute approximate surface area is 121 Å². The second-order valence-electron chi connectivity index (χ2n) is 4.97. The number of rotatable bonds is 8. The molecule has 4 heteroatoms. The van der Waals surface area contributed by atoms with Gasteiger partial charge in [-0.25, -0.2) is 0 Å². The van der Waals surface area contributed by atoms with Crippen LogP contribution in [0.5, 0.6) is 11.5 Å². The molecule has 0 fully saturated rings. The van der Waals surface area contributed by atoms with Gasteiger partial charge in [-0.1, -0.05) is 13.8 Å². The molecule has 1 N–H and O–H groups in total. The average molecular weight is 279 g/mol. The van der Waals surface area contributed by atoms with Gasteiger partial charge in [0.25, 0.3) is 5.91 Å². The SMILES string of the molecule is CCOc1ccc(C(=O)NCCC(C)C)cc1OCC. The molecule has 0 heterocycles. The first-order chi connectivity index (χ1) is 9.58. The lowest BCUT2D eigenvalue weighted by Gasteiger charge is -2.12. The number of carbonyl (C=O) groups excluding carboxylic acids is 1. The van der Waals surface area contributed by atoms with E-state index in [1.54, 1.807) is 18.2 Å². The first-order valence-electron chi connectivity index (χ1n) is 7.26. The minimum absolute atomic E-state index is 0.0744. The van der Waals surface area contributed by atoms with Crippen LogP contribution in [0.15, 0.2) is 18.2 Å². The van der Waals surface area contributed by atoms with E-state index < -0.39 is 0 Å². The average Bonchev–Trinajstić information content (AvgIpc) is 2.40. The summed E-state index contributed by atoms with van der Waals surface area (Å²) in [7, 11) is 0. The van der Waals surface area contributed by atoms with Gasteiger partial charge >= 0.3 is 0 Å². The Kier molecular flexibility index (Phi) is 6.91. The van der Waals surface area contributed by atoms with Crippen molar-refractivity contribution in [2.24, 2.45) is 5.92 Å². The van der Waals surface area contributed by atoms with E-state index in [1.807, 2.05) is 13.8 Å². The molecule has 0 aromatic heterocycles. The summed E-state index contributed by atoms with van der Waals surface area (Å²) in [4.78, 5) is 12.0. The number of hydrogen-bond acceptors (Lipinski definition) is 3. The summed E-state index contributed by atoms with van der Waals surface area (Å²) in [5.74, 6) is 1.79. The van der Waals surface area contributed by atoms with Crippen LogP contribution in [0.3, 0.4) is 0 Å². The smallest absolute Gasteiger partial charge is 0.251 e. The highest BCUT2D eigenvalue weighted by Crippen LogP contribution is 2.28. The molecule has 20 heavy (non-hydrogen) atoms. The predicted octanol–water partition coefficient (Wildman–Crippen LogP) is 3.26. The fourth-order valence-corrected chi connectivity index (χ4v) is 1.77. The molecule has 0 atom stereocenters. The standard InChI is InChI=1S/C16H25NO3/c1-5-19-14-8-7-13(11-15(14)20-6-2)16(18)17-10-9-12(3)4/h7-8,11-12H,5-6,9-10H2,1-4H3,(H,17,18). The van der Waals surface area contributed by atoms with Gasteiger partial charge in [-0.3, -0.25) is 4.79 Å². The van der Waals surface area contributed by atoms with E-state index in [2.05, 4.69) is 19.2 Å². The van der Waals surface area contributed by atoms with Crippen LogP contribution in [0.1, 0.15) is 44.5 Å². The van der Waals surface area contributed by atoms with Crippen molar-refractivity contribution in [1.82, 2.24) is 5.32 Å². The highest BCUT2D eigenvalue weighted by atomic mass is 16.5. The summed E-state index contributed by atoms with van der Waals surface area (Å²) < 4.78 is 11.0. The molecule has 0 saturated heterocycles. The van der Waals surface area contributed by atoms with E-state index in [0.717, 1.165) is 6.42 Å². The van der Waals surface area contributed by atoms with Crippen molar-refractivity contribution in [1.29, 1.82) is 0 Å². The largest absolute Gasteiger partial charge is 0.490 e. The van der Waals surface area contributed by atoms with Crippen LogP contribution < -0.4 is 14.8 Å². The lowest BCUT2D eigenvalue weighted by atomic mass is 10.1. The normalized spacial score (nSPS) is 10.4. The number of carbonyl (C=O) groups is 1. The van der Waals surface area contributed by atoms with Crippen LogP contribution >= 0.6 is 0 Å². The fourth-order valence-electron chi connectivity index (χ4n) is 1.77. The fraction of sp³-hybridized carbons (Fsp3) is 0.562. The Bertz CT molecular complexity index is 430. The lowest BCUT2D eigenvalue weighted by molar-refractivity contribution is 0.0951. The molecule has 0 aliphatic carbocycles. The van der Waals surface area contributed by atoms with E-state index in [1.165, 1.54) is 0 Å². The predicted molar refractivity (Wildman–Crippen MR) is 80.6 cm³/mol. The van der Waals surface area contributed by atoms with Gasteiger partial charge in [-0.05, 0) is 44.4 Å². The van der Waals surface area contributed by atoms with E-state index in [4.69, 9.17) is 9.47 Å². The molecule has 0 spiro atoms. The van der Waals surface area contributed by atoms with Crippen LogP contribution in [0.4, 0.5) is 0 Å². The van der Waals surface area contributed by atoms with Gasteiger partial charge in [-0.15, -0.1) is 0 Å². The van der Waals surface area contributed by atoms with Crippen molar-refractivity contribution >= 4 is 5.91 Å². The maximum Gasteiger partial charge on any atom is 0.251 e. The zero-order chi connectivity index (χ0) is 15.0. The van der Waals surface area contributed by atoms with Crippen LogP contribution in [0, 0.1) is 5.92 Å². The van der Waals surface area contributed by atoms with Crippen LogP contribution in [0.25, 0.3) is 0 Å². The summed E-state index contributed by atoms with van der Waals surface area (Å²) in [5, 5.41) is 2.92. The lowest BCUT2D eigenvalue weighted by Crippen LogP contribution is -2.25. The van der Waals surface area contributed by atoms with Gasteiger partial charge in [0.1, 0.15) is 0 Å². The van der Waals surface area contributed by atoms with Crippen LogP contribution in [-0.2, 0) is 0 Å². The van der Waals surface area contributed by atoms with Crippen LogP contribution in [-0.4, -0.2) is 25.7 Å². The molecule has 0 saturated carbocycles. The van der Waals surface area contributed by atoms with Crippen molar-refractivity contribution in [2.45, 2.75) is 34.1 Å². The molecule has 4 nitrogen and oxygen atoms in total. The van der Waals surface area contributed by atoms with Crippen molar-refractivity contribution in [3.8, 4) is 11.5 Å². The minimum atomic E-state index is -0.0744. The third-order valence-corrected chi connectivity index (χ3v) is 2.81. The number of ether oxygens (including phenoxy) is 2. The molecule has 1 aromatic carbocycles. The van der Waals surface area contributed by atoms with Gasteiger partial charge in [0, 0.05) is 12.1 Å². The first kappa shape index (κ1) is 16.3. The zero-order valence-electron chi connectivity index (χ0n) is 12.9. The molecule has 112 valence electrons.